The number of esters is 2. The molecule has 0 radical (unpaired) electrons. The highest BCUT2D eigenvalue weighted by Gasteiger charge is 2.50. The minimum absolute atomic E-state index is 0.178. The lowest BCUT2D eigenvalue weighted by Crippen LogP contribution is -2.60. The van der Waals surface area contributed by atoms with Crippen molar-refractivity contribution in [3.05, 3.63) is 11.6 Å². The number of cyclic esters (lactones) is 1. The summed E-state index contributed by atoms with van der Waals surface area (Å²) >= 11 is 0. The summed E-state index contributed by atoms with van der Waals surface area (Å²) in [5.41, 5.74) is -2.36. The van der Waals surface area contributed by atoms with Crippen molar-refractivity contribution < 1.29 is 48.3 Å². The second-order valence-corrected chi connectivity index (χ2v) is 13.4. The van der Waals surface area contributed by atoms with Gasteiger partial charge in [-0.3, -0.25) is 14.4 Å². The lowest BCUT2D eigenvalue weighted by Gasteiger charge is -2.48. The van der Waals surface area contributed by atoms with Crippen molar-refractivity contribution in [1.29, 1.82) is 0 Å². The molecule has 0 aromatic carbocycles. The van der Waals surface area contributed by atoms with Crippen LogP contribution in [0.2, 0.25) is 0 Å². The van der Waals surface area contributed by atoms with E-state index < -0.39 is 71.6 Å². The van der Waals surface area contributed by atoms with Crippen molar-refractivity contribution in [2.75, 3.05) is 21.2 Å². The lowest BCUT2D eigenvalue weighted by atomic mass is 9.76. The molecule has 1 fully saturated rings. The van der Waals surface area contributed by atoms with Crippen molar-refractivity contribution >= 4 is 17.7 Å². The van der Waals surface area contributed by atoms with Gasteiger partial charge in [0.05, 0.1) is 35.9 Å². The van der Waals surface area contributed by atoms with Crippen LogP contribution in [0.4, 0.5) is 0 Å². The summed E-state index contributed by atoms with van der Waals surface area (Å²) in [6.45, 7) is 15.3. The molecule has 0 aliphatic carbocycles. The van der Waals surface area contributed by atoms with Gasteiger partial charge in [-0.2, -0.15) is 0 Å². The van der Waals surface area contributed by atoms with Crippen LogP contribution < -0.4 is 0 Å². The van der Waals surface area contributed by atoms with Crippen LogP contribution in [-0.4, -0.2) is 108 Å². The van der Waals surface area contributed by atoms with E-state index in [1.807, 2.05) is 32.8 Å². The number of hydrogen-bond acceptors (Lipinski definition) is 11. The van der Waals surface area contributed by atoms with Gasteiger partial charge in [-0.25, -0.2) is 0 Å². The molecule has 2 aliphatic rings. The van der Waals surface area contributed by atoms with Crippen LogP contribution in [0.1, 0.15) is 88.0 Å². The SMILES string of the molecule is CC/C1=C\[C@](C)(O)[C@@H](CC)OC(=O)[C@H](C)[C@@H](O)[C@H](C)[C@@H](O[C@@H]2O[C@H](C)C[C@H](N(C)C)[C@H]2OC(C)=O)[C@@](C)(OC)C[C@@H](C)C1=O. The molecule has 2 rings (SSSR count). The van der Waals surface area contributed by atoms with E-state index in [0.717, 1.165) is 0 Å². The average molecular weight is 628 g/mol. The summed E-state index contributed by atoms with van der Waals surface area (Å²) in [6.07, 6.45) is -2.25. The summed E-state index contributed by atoms with van der Waals surface area (Å²) in [5.74, 6) is -3.66. The van der Waals surface area contributed by atoms with E-state index >= 15 is 0 Å². The van der Waals surface area contributed by atoms with E-state index in [0.29, 0.717) is 24.8 Å². The molecule has 11 nitrogen and oxygen atoms in total. The number of carbonyl (C=O) groups is 3. The molecule has 0 spiro atoms. The van der Waals surface area contributed by atoms with Gasteiger partial charge in [0, 0.05) is 25.9 Å². The van der Waals surface area contributed by atoms with Gasteiger partial charge in [0.15, 0.2) is 18.2 Å². The van der Waals surface area contributed by atoms with Crippen molar-refractivity contribution in [3.8, 4) is 0 Å². The highest BCUT2D eigenvalue weighted by atomic mass is 16.7. The molecule has 2 N–H and O–H groups in total. The van der Waals surface area contributed by atoms with E-state index in [4.69, 9.17) is 23.7 Å². The number of likely N-dealkylation sites (N-methyl/N-ethyl adjacent to an activating group) is 1. The quantitative estimate of drug-likeness (QED) is 0.401. The molecule has 0 aromatic rings. The third kappa shape index (κ3) is 8.88. The zero-order valence-corrected chi connectivity index (χ0v) is 28.8. The largest absolute Gasteiger partial charge is 0.459 e. The molecular weight excluding hydrogens is 570 g/mol. The van der Waals surface area contributed by atoms with Gasteiger partial charge in [-0.05, 0) is 79.1 Å². The topological polar surface area (TPSA) is 141 Å². The zero-order valence-electron chi connectivity index (χ0n) is 28.8. The molecule has 11 heteroatoms. The summed E-state index contributed by atoms with van der Waals surface area (Å²) in [6, 6.07) is -0.217. The molecule has 2 heterocycles. The standard InChI is InChI=1S/C33H57NO10/c1-13-23-17-32(8,39)25(14-2)43-30(38)21(6)27(37)20(5)29(33(9,40-12)16-18(3)26(23)36)44-31-28(42-22(7)35)24(34(10)11)15-19(4)41-31/h17-21,24-25,27-29,31,37,39H,13-16H2,1-12H3/b23-17+/t18-,19-,20+,21-,24+,25-,27+,28-,29-,31+,32+,33+/m1/s1. The Morgan fingerprint density at radius 2 is 1.75 bits per heavy atom. The highest BCUT2D eigenvalue weighted by Crippen LogP contribution is 2.39. The van der Waals surface area contributed by atoms with Gasteiger partial charge in [0.1, 0.15) is 11.7 Å². The predicted octanol–water partition coefficient (Wildman–Crippen LogP) is 3.42. The number of hydrogen-bond donors (Lipinski definition) is 2. The van der Waals surface area contributed by atoms with Gasteiger partial charge in [0.25, 0.3) is 0 Å². The Morgan fingerprint density at radius 1 is 1.14 bits per heavy atom. The Kier molecular flexibility index (Phi) is 13.6. The number of aliphatic hydroxyl groups excluding tert-OH is 1. The number of aliphatic hydroxyl groups is 2. The van der Waals surface area contributed by atoms with E-state index in [2.05, 4.69) is 0 Å². The maximum atomic E-state index is 13.8. The molecule has 0 aromatic heterocycles. The second-order valence-electron chi connectivity index (χ2n) is 13.4. The first-order valence-electron chi connectivity index (χ1n) is 15.9. The fourth-order valence-corrected chi connectivity index (χ4v) is 6.69. The van der Waals surface area contributed by atoms with Crippen LogP contribution in [0.5, 0.6) is 0 Å². The van der Waals surface area contributed by atoms with Crippen LogP contribution in [0.25, 0.3) is 0 Å². The first kappa shape index (κ1) is 38.3. The zero-order chi connectivity index (χ0) is 33.7. The molecule has 0 unspecified atom stereocenters. The Hall–Kier alpha value is -1.89. The smallest absolute Gasteiger partial charge is 0.311 e. The summed E-state index contributed by atoms with van der Waals surface area (Å²) in [5, 5.41) is 23.0. The Morgan fingerprint density at radius 3 is 2.25 bits per heavy atom. The molecule has 0 saturated carbocycles. The predicted molar refractivity (Wildman–Crippen MR) is 165 cm³/mol. The summed E-state index contributed by atoms with van der Waals surface area (Å²) < 4.78 is 30.6. The molecule has 12 atom stereocenters. The molecule has 0 amide bonds. The number of ether oxygens (including phenoxy) is 5. The lowest BCUT2D eigenvalue weighted by molar-refractivity contribution is -0.303. The molecule has 1 saturated heterocycles. The normalized spacial score (nSPS) is 42.7. The van der Waals surface area contributed by atoms with E-state index in [9.17, 15) is 24.6 Å². The number of rotatable bonds is 7. The van der Waals surface area contributed by atoms with Crippen LogP contribution in [0.15, 0.2) is 11.6 Å². The number of nitrogens with zero attached hydrogens (tertiary/aromatic N) is 1. The fourth-order valence-electron chi connectivity index (χ4n) is 6.69. The maximum absolute atomic E-state index is 13.8. The Bertz CT molecular complexity index is 1030. The van der Waals surface area contributed by atoms with Gasteiger partial charge in [-0.15, -0.1) is 0 Å². The van der Waals surface area contributed by atoms with Crippen molar-refractivity contribution in [3.63, 3.8) is 0 Å². The molecular formula is C33H57NO10. The van der Waals surface area contributed by atoms with Gasteiger partial charge in [-0.1, -0.05) is 27.7 Å². The van der Waals surface area contributed by atoms with Crippen molar-refractivity contribution in [2.24, 2.45) is 17.8 Å². The van der Waals surface area contributed by atoms with Gasteiger partial charge in [0.2, 0.25) is 0 Å². The minimum Gasteiger partial charge on any atom is -0.459 e. The van der Waals surface area contributed by atoms with E-state index in [1.165, 1.54) is 27.0 Å². The monoisotopic (exact) mass is 627 g/mol. The first-order chi connectivity index (χ1) is 20.3. The highest BCUT2D eigenvalue weighted by molar-refractivity contribution is 5.97. The van der Waals surface area contributed by atoms with Gasteiger partial charge >= 0.3 is 11.9 Å². The number of methoxy groups -OCH3 is 1. The van der Waals surface area contributed by atoms with Crippen LogP contribution in [0.3, 0.4) is 0 Å². The first-order valence-corrected chi connectivity index (χ1v) is 15.9. The number of ketones is 1. The summed E-state index contributed by atoms with van der Waals surface area (Å²) in [7, 11) is 5.30. The van der Waals surface area contributed by atoms with Crippen molar-refractivity contribution in [2.45, 2.75) is 142 Å². The Balaban J connectivity index is 2.70. The average Bonchev–Trinajstić information content (AvgIpc) is 2.95. The van der Waals surface area contributed by atoms with Gasteiger partial charge < -0.3 is 38.8 Å². The summed E-state index contributed by atoms with van der Waals surface area (Å²) in [4.78, 5) is 41.4. The number of allylic oxidation sites excluding steroid dienone is 1. The maximum Gasteiger partial charge on any atom is 0.311 e. The number of carbonyl (C=O) groups excluding carboxylic acids is 3. The molecule has 254 valence electrons. The van der Waals surface area contributed by atoms with Crippen LogP contribution in [-0.2, 0) is 38.1 Å². The van der Waals surface area contributed by atoms with Crippen LogP contribution >= 0.6 is 0 Å². The molecule has 44 heavy (non-hydrogen) atoms. The molecule has 2 aliphatic heterocycles. The second kappa shape index (κ2) is 15.6. The van der Waals surface area contributed by atoms with Crippen molar-refractivity contribution in [1.82, 2.24) is 4.90 Å². The third-order valence-corrected chi connectivity index (χ3v) is 9.41. The number of Topliss-reactive ketones (excluding diaryl/α,β-unsaturated/α-hetero) is 1. The van der Waals surface area contributed by atoms with Crippen LogP contribution in [0, 0.1) is 17.8 Å². The molecule has 0 bridgehead atoms. The third-order valence-electron chi connectivity index (χ3n) is 9.41. The van der Waals surface area contributed by atoms with E-state index in [1.54, 1.807) is 34.6 Å². The fraction of sp³-hybridized carbons (Fsp3) is 0.848. The van der Waals surface area contributed by atoms with E-state index in [-0.39, 0.29) is 24.3 Å². The Labute approximate surface area is 263 Å². The minimum atomic E-state index is -1.61.